The lowest BCUT2D eigenvalue weighted by Gasteiger charge is -2.59. The normalized spacial score (nSPS) is 37.9. The summed E-state index contributed by atoms with van der Waals surface area (Å²) in [5, 5.41) is 41.3. The highest BCUT2D eigenvalue weighted by atomic mass is 16.8. The molecule has 9 heteroatoms. The number of benzene rings is 1. The molecule has 2 fully saturated rings. The summed E-state index contributed by atoms with van der Waals surface area (Å²) in [5.41, 5.74) is -2.56. The second-order valence-corrected chi connectivity index (χ2v) is 9.37. The highest BCUT2D eigenvalue weighted by Gasteiger charge is 2.67. The fraction of sp³-hybridized carbons (Fsp3) is 0.545. The predicted octanol–water partition coefficient (Wildman–Crippen LogP) is 0.648. The number of aliphatic hydroxyl groups is 2. The van der Waals surface area contributed by atoms with Crippen LogP contribution in [-0.2, 0) is 14.3 Å². The van der Waals surface area contributed by atoms with E-state index >= 15 is 0 Å². The number of aliphatic hydroxyl groups excluding tert-OH is 1. The number of rotatable bonds is 4. The predicted molar refractivity (Wildman–Crippen MR) is 106 cm³/mol. The first-order chi connectivity index (χ1) is 14.5. The van der Waals surface area contributed by atoms with Gasteiger partial charge in [-0.15, -0.1) is 0 Å². The summed E-state index contributed by atoms with van der Waals surface area (Å²) in [5.74, 6) is -1.66. The van der Waals surface area contributed by atoms with E-state index in [0.717, 1.165) is 6.42 Å². The third-order valence-corrected chi connectivity index (χ3v) is 7.48. The maximum atomic E-state index is 12.6. The van der Waals surface area contributed by atoms with Crippen molar-refractivity contribution in [2.75, 3.05) is 13.2 Å². The summed E-state index contributed by atoms with van der Waals surface area (Å²) in [6, 6.07) is 5.46. The van der Waals surface area contributed by atoms with Gasteiger partial charge in [-0.25, -0.2) is 14.8 Å². The van der Waals surface area contributed by atoms with Crippen LogP contribution in [0.25, 0.3) is 0 Å². The molecular weight excluding hydrogens is 406 g/mol. The van der Waals surface area contributed by atoms with E-state index in [2.05, 4.69) is 0 Å². The van der Waals surface area contributed by atoms with Gasteiger partial charge in [0.2, 0.25) is 0 Å². The van der Waals surface area contributed by atoms with E-state index in [9.17, 15) is 25.0 Å². The molecule has 4 rings (SSSR count). The number of quaternary nitrogens is 1. The van der Waals surface area contributed by atoms with Crippen molar-refractivity contribution < 1.29 is 39.7 Å². The van der Waals surface area contributed by atoms with Crippen LogP contribution in [0.15, 0.2) is 35.9 Å². The summed E-state index contributed by atoms with van der Waals surface area (Å²) in [7, 11) is 0. The molecule has 1 saturated heterocycles. The van der Waals surface area contributed by atoms with E-state index in [1.165, 1.54) is 30.3 Å². The minimum Gasteiger partial charge on any atom is -0.595 e. The number of cyclic esters (lactones) is 1. The maximum absolute atomic E-state index is 12.6. The van der Waals surface area contributed by atoms with Crippen LogP contribution in [0.2, 0.25) is 0 Å². The third-order valence-electron chi connectivity index (χ3n) is 7.48. The zero-order valence-electron chi connectivity index (χ0n) is 17.5. The van der Waals surface area contributed by atoms with Crippen LogP contribution in [0.3, 0.4) is 0 Å². The Morgan fingerprint density at radius 1 is 1.29 bits per heavy atom. The molecule has 1 aromatic carbocycles. The first-order valence-corrected chi connectivity index (χ1v) is 10.3. The molecule has 1 aromatic rings. The molecule has 1 aliphatic heterocycles. The molecule has 3 aliphatic rings. The number of carbonyl (C=O) groups excluding carboxylic acids is 2. The van der Waals surface area contributed by atoms with Crippen molar-refractivity contribution in [2.45, 2.75) is 44.8 Å². The second kappa shape index (κ2) is 7.39. The smallest absolute Gasteiger partial charge is 0.338 e. The highest BCUT2D eigenvalue weighted by molar-refractivity contribution is 5.94. The first kappa shape index (κ1) is 21.9. The van der Waals surface area contributed by atoms with Crippen LogP contribution >= 0.6 is 0 Å². The number of fused-ring (bicyclic) bond motifs is 3. The average Bonchev–Trinajstić information content (AvgIpc) is 3.02. The van der Waals surface area contributed by atoms with E-state index in [0.29, 0.717) is 12.8 Å². The van der Waals surface area contributed by atoms with Crippen LogP contribution in [0.1, 0.15) is 43.5 Å². The van der Waals surface area contributed by atoms with Gasteiger partial charge in [-0.2, -0.15) is 5.23 Å². The lowest BCUT2D eigenvalue weighted by Crippen LogP contribution is -2.99. The zero-order chi connectivity index (χ0) is 22.6. The Kier molecular flexibility index (Phi) is 5.22. The molecule has 1 heterocycles. The van der Waals surface area contributed by atoms with Gasteiger partial charge in [-0.3, -0.25) is 0 Å². The van der Waals surface area contributed by atoms with Crippen molar-refractivity contribution in [2.24, 2.45) is 16.7 Å². The first-order valence-electron chi connectivity index (χ1n) is 10.3. The summed E-state index contributed by atoms with van der Waals surface area (Å²) >= 11 is 0. The van der Waals surface area contributed by atoms with Gasteiger partial charge in [0.05, 0.1) is 23.8 Å². The van der Waals surface area contributed by atoms with E-state index < -0.39 is 45.6 Å². The van der Waals surface area contributed by atoms with Crippen LogP contribution in [-0.4, -0.2) is 52.3 Å². The van der Waals surface area contributed by atoms with Crippen LogP contribution in [0.4, 0.5) is 5.69 Å². The minimum absolute atomic E-state index is 0.0118. The number of esters is 2. The summed E-state index contributed by atoms with van der Waals surface area (Å²) < 4.78 is 10.7. The third kappa shape index (κ3) is 3.28. The molecule has 4 N–H and O–H groups in total. The largest absolute Gasteiger partial charge is 0.595 e. The Bertz CT molecular complexity index is 928. The van der Waals surface area contributed by atoms with Crippen molar-refractivity contribution in [3.05, 3.63) is 46.7 Å². The van der Waals surface area contributed by atoms with E-state index in [1.54, 1.807) is 0 Å². The Morgan fingerprint density at radius 2 is 1.97 bits per heavy atom. The van der Waals surface area contributed by atoms with Gasteiger partial charge in [-0.05, 0) is 31.1 Å². The monoisotopic (exact) mass is 433 g/mol. The summed E-state index contributed by atoms with van der Waals surface area (Å²) in [6.45, 7) is 3.64. The van der Waals surface area contributed by atoms with Crippen molar-refractivity contribution in [1.82, 2.24) is 0 Å². The van der Waals surface area contributed by atoms with Crippen molar-refractivity contribution in [3.63, 3.8) is 0 Å². The molecule has 2 aliphatic carbocycles. The van der Waals surface area contributed by atoms with Gasteiger partial charge in [0, 0.05) is 28.9 Å². The number of carbonyl (C=O) groups is 2. The van der Waals surface area contributed by atoms with Crippen molar-refractivity contribution in [3.8, 4) is 0 Å². The number of hydrogen-bond acceptors (Lipinski definition) is 8. The second-order valence-electron chi connectivity index (χ2n) is 9.37. The Balaban J connectivity index is 1.57. The van der Waals surface area contributed by atoms with Gasteiger partial charge in [-0.1, -0.05) is 20.3 Å². The van der Waals surface area contributed by atoms with Gasteiger partial charge in [0.15, 0.2) is 5.69 Å². The lowest BCUT2D eigenvalue weighted by atomic mass is 9.46. The Labute approximate surface area is 179 Å². The standard InChI is InChI=1S/C22H27NO8/c1-20(11-30-18(25)13-4-6-14(7-5-13)23(28)29)8-3-9-21(2)17(20)16(24)10-15-19(26)31-12-22(15,21)27/h4-7,10,16-17,23-24,27-28H,3,8-9,11-12H2,1-2H3. The Morgan fingerprint density at radius 3 is 2.61 bits per heavy atom. The number of ether oxygens (including phenoxy) is 2. The molecule has 0 aromatic heterocycles. The topological polar surface area (TPSA) is 141 Å². The maximum Gasteiger partial charge on any atom is 0.338 e. The quantitative estimate of drug-likeness (QED) is 0.401. The highest BCUT2D eigenvalue weighted by Crippen LogP contribution is 2.62. The van der Waals surface area contributed by atoms with Gasteiger partial charge < -0.3 is 24.9 Å². The van der Waals surface area contributed by atoms with E-state index in [1.807, 2.05) is 13.8 Å². The Hall–Kier alpha value is -2.30. The summed E-state index contributed by atoms with van der Waals surface area (Å²) in [6.07, 6.45) is 2.39. The molecule has 6 unspecified atom stereocenters. The molecular formula is C22H27NO8. The number of hydrogen-bond donors (Lipinski definition) is 4. The SMILES string of the molecule is CC1(COC(=O)c2ccc([NH+]([O-])O)cc2)CCCC2(C)C1C(O)C=C1C(=O)OCC12O. The fourth-order valence-electron chi connectivity index (χ4n) is 5.86. The van der Waals surface area contributed by atoms with E-state index in [-0.39, 0.29) is 30.0 Å². The number of nitrogens with one attached hydrogen (secondary N) is 1. The van der Waals surface area contributed by atoms with Crippen LogP contribution < -0.4 is 5.23 Å². The molecule has 9 nitrogen and oxygen atoms in total. The average molecular weight is 433 g/mol. The molecule has 168 valence electrons. The van der Waals surface area contributed by atoms with E-state index in [4.69, 9.17) is 14.7 Å². The molecule has 0 amide bonds. The van der Waals surface area contributed by atoms with Crippen LogP contribution in [0.5, 0.6) is 0 Å². The van der Waals surface area contributed by atoms with Crippen molar-refractivity contribution in [1.29, 1.82) is 0 Å². The minimum atomic E-state index is -1.49. The molecule has 6 atom stereocenters. The lowest BCUT2D eigenvalue weighted by molar-refractivity contribution is -0.991. The van der Waals surface area contributed by atoms with Gasteiger partial charge in [0.1, 0.15) is 12.2 Å². The van der Waals surface area contributed by atoms with Gasteiger partial charge in [0.25, 0.3) is 0 Å². The van der Waals surface area contributed by atoms with Crippen molar-refractivity contribution >= 4 is 17.6 Å². The molecule has 31 heavy (non-hydrogen) atoms. The molecule has 0 bridgehead atoms. The molecule has 1 saturated carbocycles. The molecule has 0 radical (unpaired) electrons. The van der Waals surface area contributed by atoms with Crippen LogP contribution in [0, 0.1) is 22.0 Å². The van der Waals surface area contributed by atoms with Gasteiger partial charge >= 0.3 is 11.9 Å². The zero-order valence-corrected chi connectivity index (χ0v) is 17.5. The fourth-order valence-corrected chi connectivity index (χ4v) is 5.86. The summed E-state index contributed by atoms with van der Waals surface area (Å²) in [4.78, 5) is 24.7. The molecule has 0 spiro atoms.